The van der Waals surface area contributed by atoms with Gasteiger partial charge in [0.15, 0.2) is 0 Å². The van der Waals surface area contributed by atoms with Crippen LogP contribution in [-0.2, 0) is 21.1 Å². The maximum absolute atomic E-state index is 13.8. The first-order chi connectivity index (χ1) is 18.9. The van der Waals surface area contributed by atoms with Gasteiger partial charge in [-0.3, -0.25) is 4.79 Å². The first-order valence-electron chi connectivity index (χ1n) is 14.6. The number of para-hydroxylation sites is 1. The number of anilines is 1. The van der Waals surface area contributed by atoms with Crippen LogP contribution < -0.4 is 16.4 Å². The number of benzene rings is 1. The van der Waals surface area contributed by atoms with Crippen molar-refractivity contribution in [3.05, 3.63) is 34.3 Å². The molecule has 1 aromatic heterocycles. The van der Waals surface area contributed by atoms with Crippen molar-refractivity contribution < 1.29 is 17.6 Å². The summed E-state index contributed by atoms with van der Waals surface area (Å²) in [5, 5.41) is 16.8. The van der Waals surface area contributed by atoms with E-state index in [0.29, 0.717) is 41.5 Å². The van der Waals surface area contributed by atoms with E-state index in [9.17, 15) is 23.3 Å². The molecule has 9 nitrogen and oxygen atoms in total. The van der Waals surface area contributed by atoms with Crippen LogP contribution in [-0.4, -0.2) is 42.9 Å². The Morgan fingerprint density at radius 3 is 2.52 bits per heavy atom. The summed E-state index contributed by atoms with van der Waals surface area (Å²) in [4.78, 5) is 30.4. The van der Waals surface area contributed by atoms with Gasteiger partial charge in [-0.25, -0.2) is 13.2 Å². The lowest BCUT2D eigenvalue weighted by Gasteiger charge is -2.38. The van der Waals surface area contributed by atoms with Crippen molar-refractivity contribution in [3.8, 4) is 6.07 Å². The average molecular weight is 571 g/mol. The van der Waals surface area contributed by atoms with Crippen molar-refractivity contribution in [3.63, 3.8) is 0 Å². The molecule has 2 aliphatic rings. The monoisotopic (exact) mass is 570 g/mol. The lowest BCUT2D eigenvalue weighted by molar-refractivity contribution is -0.124. The normalized spacial score (nSPS) is 23.7. The number of fused-ring (bicyclic) bond motifs is 1. The number of nitrogens with one attached hydrogen (secondary N) is 2. The molecule has 0 aliphatic heterocycles. The Balaban J connectivity index is 1.64. The van der Waals surface area contributed by atoms with Gasteiger partial charge in [-0.2, -0.15) is 10.2 Å². The summed E-state index contributed by atoms with van der Waals surface area (Å²) in [5.41, 5.74) is 0.299. The van der Waals surface area contributed by atoms with Crippen LogP contribution >= 0.6 is 0 Å². The fourth-order valence-electron chi connectivity index (χ4n) is 6.19. The highest BCUT2D eigenvalue weighted by Gasteiger charge is 2.37. The third-order valence-electron chi connectivity index (χ3n) is 9.13. The maximum atomic E-state index is 13.8. The highest BCUT2D eigenvalue weighted by molar-refractivity contribution is 7.90. The van der Waals surface area contributed by atoms with E-state index in [2.05, 4.69) is 35.5 Å². The van der Waals surface area contributed by atoms with Gasteiger partial charge in [-0.05, 0) is 74.3 Å². The van der Waals surface area contributed by atoms with E-state index in [-0.39, 0.29) is 29.5 Å². The fourth-order valence-corrected chi connectivity index (χ4v) is 6.78. The van der Waals surface area contributed by atoms with Gasteiger partial charge in [0.2, 0.25) is 5.91 Å². The van der Waals surface area contributed by atoms with Crippen LogP contribution in [0.3, 0.4) is 0 Å². The lowest BCUT2D eigenvalue weighted by atomic mass is 9.69. The predicted molar refractivity (Wildman–Crippen MR) is 156 cm³/mol. The van der Waals surface area contributed by atoms with E-state index in [1.165, 1.54) is 6.26 Å². The van der Waals surface area contributed by atoms with Gasteiger partial charge >= 0.3 is 5.76 Å². The maximum Gasteiger partial charge on any atom is 0.441 e. The van der Waals surface area contributed by atoms with E-state index in [0.717, 1.165) is 51.4 Å². The number of aromatic nitrogens is 1. The smallest absolute Gasteiger partial charge is 0.408 e. The molecular weight excluding hydrogens is 528 g/mol. The van der Waals surface area contributed by atoms with Crippen LogP contribution in [0, 0.1) is 22.7 Å². The molecule has 2 N–H and O–H groups in total. The summed E-state index contributed by atoms with van der Waals surface area (Å²) >= 11 is 0. The summed E-state index contributed by atoms with van der Waals surface area (Å²) in [6.07, 6.45) is 11.4. The molecule has 218 valence electrons. The molecule has 2 aromatic rings. The molecule has 1 aromatic carbocycles. The van der Waals surface area contributed by atoms with Gasteiger partial charge in [0.05, 0.1) is 17.2 Å². The highest BCUT2D eigenvalue weighted by Crippen LogP contribution is 2.42. The summed E-state index contributed by atoms with van der Waals surface area (Å²) < 4.78 is 29.0. The van der Waals surface area contributed by atoms with Gasteiger partial charge in [0.25, 0.3) is 0 Å². The number of sulfone groups is 1. The molecule has 1 heterocycles. The van der Waals surface area contributed by atoms with Crippen molar-refractivity contribution in [1.29, 1.82) is 5.26 Å². The third-order valence-corrected chi connectivity index (χ3v) is 10.1. The topological polar surface area (TPSA) is 142 Å². The third kappa shape index (κ3) is 7.42. The Labute approximate surface area is 237 Å². The molecule has 1 unspecified atom stereocenters. The van der Waals surface area contributed by atoms with Gasteiger partial charge < -0.3 is 15.1 Å². The minimum Gasteiger partial charge on any atom is -0.408 e. The SMILES string of the molecule is CCC1(C)CCC(CC(Nc2nc(=O)oc3c(CCS(C)(=O)=O)cccc23)C(=O)NC2(C#N)CCCCC2)CC1. The Hall–Kier alpha value is -2.93. The molecule has 4 rings (SSSR count). The van der Waals surface area contributed by atoms with Crippen molar-refractivity contribution >= 4 is 32.5 Å². The summed E-state index contributed by atoms with van der Waals surface area (Å²) in [5.74, 6) is -0.608. The Bertz CT molecular complexity index is 1410. The molecule has 0 radical (unpaired) electrons. The zero-order valence-corrected chi connectivity index (χ0v) is 24.7. The molecule has 2 fully saturated rings. The molecular formula is C30H42N4O5S. The van der Waals surface area contributed by atoms with Crippen LogP contribution in [0.2, 0.25) is 0 Å². The zero-order valence-electron chi connectivity index (χ0n) is 23.9. The van der Waals surface area contributed by atoms with E-state index >= 15 is 0 Å². The van der Waals surface area contributed by atoms with Crippen LogP contribution in [0.25, 0.3) is 11.0 Å². The van der Waals surface area contributed by atoms with E-state index in [4.69, 9.17) is 4.42 Å². The Morgan fingerprint density at radius 2 is 1.90 bits per heavy atom. The number of amides is 1. The molecule has 2 aliphatic carbocycles. The number of nitriles is 1. The van der Waals surface area contributed by atoms with Gasteiger partial charge in [-0.15, -0.1) is 0 Å². The van der Waals surface area contributed by atoms with Crippen molar-refractivity contribution in [2.75, 3.05) is 17.3 Å². The molecule has 0 spiro atoms. The van der Waals surface area contributed by atoms with Gasteiger partial charge in [-0.1, -0.05) is 51.7 Å². The molecule has 2 saturated carbocycles. The minimum absolute atomic E-state index is 0.0828. The quantitative estimate of drug-likeness (QED) is 0.411. The summed E-state index contributed by atoms with van der Waals surface area (Å²) in [7, 11) is -3.22. The molecule has 1 amide bonds. The van der Waals surface area contributed by atoms with Crippen LogP contribution in [0.1, 0.15) is 90.0 Å². The summed E-state index contributed by atoms with van der Waals surface area (Å²) in [6, 6.07) is 6.92. The number of hydrogen-bond donors (Lipinski definition) is 2. The molecule has 0 saturated heterocycles. The van der Waals surface area contributed by atoms with Crippen LogP contribution in [0.4, 0.5) is 5.82 Å². The second kappa shape index (κ2) is 12.3. The first-order valence-corrected chi connectivity index (χ1v) is 16.6. The highest BCUT2D eigenvalue weighted by atomic mass is 32.2. The number of hydrogen-bond acceptors (Lipinski definition) is 8. The Kier molecular flexibility index (Phi) is 9.23. The standard InChI is InChI=1S/C30H42N4O5S/c1-4-29(2)16-11-21(12-17-29)19-24(27(35)34-30(20-31)14-6-5-7-15-30)32-26-23-10-8-9-22(13-18-40(3,37)38)25(23)39-28(36)33-26/h8-10,21,24H,4-7,11-19H2,1-3H3,(H,34,35)(H,32,33,36). The van der Waals surface area contributed by atoms with E-state index < -0.39 is 27.2 Å². The van der Waals surface area contributed by atoms with Gasteiger partial charge in [0, 0.05) is 6.26 Å². The zero-order chi connectivity index (χ0) is 29.0. The van der Waals surface area contributed by atoms with E-state index in [1.807, 2.05) is 0 Å². The minimum atomic E-state index is -3.22. The molecule has 40 heavy (non-hydrogen) atoms. The molecule has 1 atom stereocenters. The number of aryl methyl sites for hydroxylation is 1. The number of carbonyl (C=O) groups excluding carboxylic acids is 1. The summed E-state index contributed by atoms with van der Waals surface area (Å²) in [6.45, 7) is 4.55. The fraction of sp³-hybridized carbons (Fsp3) is 0.667. The average Bonchev–Trinajstić information content (AvgIpc) is 2.92. The first kappa shape index (κ1) is 30.0. The number of nitrogens with zero attached hydrogens (tertiary/aromatic N) is 2. The number of rotatable bonds is 10. The van der Waals surface area contributed by atoms with Gasteiger partial charge in [0.1, 0.15) is 32.8 Å². The second-order valence-corrected chi connectivity index (χ2v) is 14.5. The van der Waals surface area contributed by atoms with Crippen LogP contribution in [0.15, 0.2) is 27.4 Å². The second-order valence-electron chi connectivity index (χ2n) is 12.3. The van der Waals surface area contributed by atoms with Crippen molar-refractivity contribution in [2.45, 2.75) is 102 Å². The lowest BCUT2D eigenvalue weighted by Crippen LogP contribution is -2.54. The van der Waals surface area contributed by atoms with Crippen LogP contribution in [0.5, 0.6) is 0 Å². The Morgan fingerprint density at radius 1 is 1.20 bits per heavy atom. The van der Waals surface area contributed by atoms with E-state index in [1.54, 1.807) is 18.2 Å². The largest absolute Gasteiger partial charge is 0.441 e. The van der Waals surface area contributed by atoms with Crippen molar-refractivity contribution in [2.24, 2.45) is 11.3 Å². The number of carbonyl (C=O) groups is 1. The predicted octanol–water partition coefficient (Wildman–Crippen LogP) is 4.89. The molecule has 0 bridgehead atoms. The van der Waals surface area contributed by atoms with Crippen molar-refractivity contribution in [1.82, 2.24) is 10.3 Å². The molecule has 10 heteroatoms.